The van der Waals surface area contributed by atoms with E-state index in [1.807, 2.05) is 0 Å². The molecule has 2 rings (SSSR count). The van der Waals surface area contributed by atoms with Crippen molar-refractivity contribution in [3.63, 3.8) is 0 Å². The summed E-state index contributed by atoms with van der Waals surface area (Å²) in [4.78, 5) is 12.2. The lowest BCUT2D eigenvalue weighted by molar-refractivity contribution is 0.0858. The van der Waals surface area contributed by atoms with Crippen LogP contribution in [0, 0.1) is 0 Å². The van der Waals surface area contributed by atoms with Crippen LogP contribution >= 0.6 is 0 Å². The van der Waals surface area contributed by atoms with Crippen LogP contribution in [0.2, 0.25) is 0 Å². The van der Waals surface area contributed by atoms with Crippen LogP contribution in [0.1, 0.15) is 30.1 Å². The maximum atomic E-state index is 12.2. The van der Waals surface area contributed by atoms with Crippen molar-refractivity contribution in [2.45, 2.75) is 25.9 Å². The van der Waals surface area contributed by atoms with Crippen molar-refractivity contribution in [1.82, 2.24) is 5.32 Å². The standard InChI is InChI=1S/C15H22N2O4S/c1-3-22(19,20)17(2)13-7-4-6-12(10-13)15(18)16-11-14-8-5-9-21-14/h4,6-7,10,14H,3,5,8-9,11H2,1-2H3,(H,16,18). The quantitative estimate of drug-likeness (QED) is 0.857. The van der Waals surface area contributed by atoms with Crippen LogP contribution in [0.3, 0.4) is 0 Å². The molecule has 1 amide bonds. The van der Waals surface area contributed by atoms with Crippen molar-refractivity contribution in [3.05, 3.63) is 29.8 Å². The zero-order valence-corrected chi connectivity index (χ0v) is 13.7. The van der Waals surface area contributed by atoms with Crippen molar-refractivity contribution in [1.29, 1.82) is 0 Å². The summed E-state index contributed by atoms with van der Waals surface area (Å²) in [6.07, 6.45) is 2.06. The van der Waals surface area contributed by atoms with Gasteiger partial charge in [0.2, 0.25) is 10.0 Å². The summed E-state index contributed by atoms with van der Waals surface area (Å²) < 4.78 is 30.4. The highest BCUT2D eigenvalue weighted by atomic mass is 32.2. The number of hydrogen-bond donors (Lipinski definition) is 1. The van der Waals surface area contributed by atoms with E-state index in [1.165, 1.54) is 11.4 Å². The Hall–Kier alpha value is -1.60. The normalized spacial score (nSPS) is 18.2. The molecular formula is C15H22N2O4S. The summed E-state index contributed by atoms with van der Waals surface area (Å²) >= 11 is 0. The van der Waals surface area contributed by atoms with Gasteiger partial charge in [-0.3, -0.25) is 9.10 Å². The molecule has 0 radical (unpaired) electrons. The van der Waals surface area contributed by atoms with Crippen LogP contribution in [0.25, 0.3) is 0 Å². The molecule has 6 nitrogen and oxygen atoms in total. The fourth-order valence-corrected chi connectivity index (χ4v) is 3.13. The molecule has 22 heavy (non-hydrogen) atoms. The van der Waals surface area contributed by atoms with E-state index in [-0.39, 0.29) is 17.8 Å². The average molecular weight is 326 g/mol. The van der Waals surface area contributed by atoms with E-state index >= 15 is 0 Å². The summed E-state index contributed by atoms with van der Waals surface area (Å²) in [5.41, 5.74) is 0.917. The van der Waals surface area contributed by atoms with Gasteiger partial charge >= 0.3 is 0 Å². The van der Waals surface area contributed by atoms with E-state index < -0.39 is 10.0 Å². The minimum Gasteiger partial charge on any atom is -0.376 e. The summed E-state index contributed by atoms with van der Waals surface area (Å²) in [6.45, 7) is 2.81. The molecule has 0 saturated carbocycles. The zero-order chi connectivity index (χ0) is 16.2. The lowest BCUT2D eigenvalue weighted by Crippen LogP contribution is -2.32. The third kappa shape index (κ3) is 3.98. The molecule has 0 spiro atoms. The fourth-order valence-electron chi connectivity index (χ4n) is 2.31. The highest BCUT2D eigenvalue weighted by Crippen LogP contribution is 2.18. The molecule has 0 aromatic heterocycles. The fraction of sp³-hybridized carbons (Fsp3) is 0.533. The van der Waals surface area contributed by atoms with E-state index in [2.05, 4.69) is 5.32 Å². The monoisotopic (exact) mass is 326 g/mol. The lowest BCUT2D eigenvalue weighted by Gasteiger charge is -2.19. The Morgan fingerprint density at radius 3 is 2.86 bits per heavy atom. The van der Waals surface area contributed by atoms with Gasteiger partial charge in [-0.05, 0) is 38.0 Å². The maximum Gasteiger partial charge on any atom is 0.251 e. The van der Waals surface area contributed by atoms with Crippen molar-refractivity contribution in [3.8, 4) is 0 Å². The van der Waals surface area contributed by atoms with Crippen LogP contribution in [0.5, 0.6) is 0 Å². The van der Waals surface area contributed by atoms with Crippen molar-refractivity contribution in [2.75, 3.05) is 30.3 Å². The van der Waals surface area contributed by atoms with E-state index in [1.54, 1.807) is 31.2 Å². The minimum absolute atomic E-state index is 0.0128. The van der Waals surface area contributed by atoms with Crippen molar-refractivity contribution in [2.24, 2.45) is 0 Å². The second kappa shape index (κ2) is 7.11. The first kappa shape index (κ1) is 16.8. The Morgan fingerprint density at radius 2 is 2.23 bits per heavy atom. The molecular weight excluding hydrogens is 304 g/mol. The molecule has 1 heterocycles. The third-order valence-corrected chi connectivity index (χ3v) is 5.54. The van der Waals surface area contributed by atoms with Crippen LogP contribution in [0.4, 0.5) is 5.69 Å². The van der Waals surface area contributed by atoms with Gasteiger partial charge in [0.05, 0.1) is 17.5 Å². The van der Waals surface area contributed by atoms with E-state index in [4.69, 9.17) is 4.74 Å². The smallest absolute Gasteiger partial charge is 0.251 e. The number of ether oxygens (including phenoxy) is 1. The van der Waals surface area contributed by atoms with Gasteiger partial charge in [-0.15, -0.1) is 0 Å². The molecule has 7 heteroatoms. The number of carbonyl (C=O) groups is 1. The summed E-state index contributed by atoms with van der Waals surface area (Å²) in [5.74, 6) is -0.210. The number of benzene rings is 1. The van der Waals surface area contributed by atoms with Crippen molar-refractivity contribution < 1.29 is 17.9 Å². The molecule has 1 aromatic carbocycles. The Labute approximate surface area is 131 Å². The van der Waals surface area contributed by atoms with Gasteiger partial charge in [-0.25, -0.2) is 8.42 Å². The first-order valence-corrected chi connectivity index (χ1v) is 9.01. The molecule has 1 saturated heterocycles. The average Bonchev–Trinajstić information content (AvgIpc) is 3.05. The predicted molar refractivity (Wildman–Crippen MR) is 85.6 cm³/mol. The van der Waals surface area contributed by atoms with Gasteiger partial charge in [-0.1, -0.05) is 6.07 Å². The minimum atomic E-state index is -3.34. The molecule has 122 valence electrons. The van der Waals surface area contributed by atoms with Gasteiger partial charge in [0.15, 0.2) is 0 Å². The Kier molecular flexibility index (Phi) is 5.42. The molecule has 0 aliphatic carbocycles. The first-order chi connectivity index (χ1) is 10.4. The summed E-state index contributed by atoms with van der Waals surface area (Å²) in [7, 11) is -1.85. The molecule has 1 N–H and O–H groups in total. The zero-order valence-electron chi connectivity index (χ0n) is 12.9. The molecule has 1 aromatic rings. The number of sulfonamides is 1. The van der Waals surface area contributed by atoms with Crippen LogP contribution < -0.4 is 9.62 Å². The van der Waals surface area contributed by atoms with Gasteiger partial charge < -0.3 is 10.1 Å². The van der Waals surface area contributed by atoms with Crippen LogP contribution in [-0.2, 0) is 14.8 Å². The van der Waals surface area contributed by atoms with Crippen LogP contribution in [0.15, 0.2) is 24.3 Å². The Balaban J connectivity index is 2.05. The number of carbonyl (C=O) groups excluding carboxylic acids is 1. The first-order valence-electron chi connectivity index (χ1n) is 7.40. The molecule has 1 fully saturated rings. The lowest BCUT2D eigenvalue weighted by atomic mass is 10.2. The SMILES string of the molecule is CCS(=O)(=O)N(C)c1cccc(C(=O)NCC2CCCO2)c1. The topological polar surface area (TPSA) is 75.7 Å². The molecule has 1 aliphatic heterocycles. The van der Waals surface area contributed by atoms with E-state index in [0.29, 0.717) is 17.8 Å². The summed E-state index contributed by atoms with van der Waals surface area (Å²) in [5, 5.41) is 2.83. The predicted octanol–water partition coefficient (Wildman–Crippen LogP) is 1.38. The van der Waals surface area contributed by atoms with Crippen molar-refractivity contribution >= 4 is 21.6 Å². The van der Waals surface area contributed by atoms with Gasteiger partial charge in [0.25, 0.3) is 5.91 Å². The molecule has 1 atom stereocenters. The Morgan fingerprint density at radius 1 is 1.45 bits per heavy atom. The number of nitrogens with zero attached hydrogens (tertiary/aromatic N) is 1. The third-order valence-electron chi connectivity index (χ3n) is 3.77. The number of anilines is 1. The highest BCUT2D eigenvalue weighted by molar-refractivity contribution is 7.92. The van der Waals surface area contributed by atoms with Gasteiger partial charge in [0.1, 0.15) is 0 Å². The number of amides is 1. The summed E-state index contributed by atoms with van der Waals surface area (Å²) in [6, 6.07) is 6.60. The largest absolute Gasteiger partial charge is 0.376 e. The second-order valence-corrected chi connectivity index (χ2v) is 7.55. The van der Waals surface area contributed by atoms with Gasteiger partial charge in [0, 0.05) is 25.8 Å². The molecule has 0 bridgehead atoms. The number of hydrogen-bond acceptors (Lipinski definition) is 4. The molecule has 1 aliphatic rings. The maximum absolute atomic E-state index is 12.2. The number of nitrogens with one attached hydrogen (secondary N) is 1. The van der Waals surface area contributed by atoms with Crippen LogP contribution in [-0.4, -0.2) is 46.4 Å². The second-order valence-electron chi connectivity index (χ2n) is 5.26. The highest BCUT2D eigenvalue weighted by Gasteiger charge is 2.19. The Bertz CT molecular complexity index is 624. The van der Waals surface area contributed by atoms with Gasteiger partial charge in [-0.2, -0.15) is 0 Å². The molecule has 1 unspecified atom stereocenters. The van der Waals surface area contributed by atoms with E-state index in [9.17, 15) is 13.2 Å². The number of rotatable bonds is 6. The van der Waals surface area contributed by atoms with E-state index in [0.717, 1.165) is 19.4 Å².